The fourth-order valence-electron chi connectivity index (χ4n) is 0.840. The van der Waals surface area contributed by atoms with Gasteiger partial charge in [-0.15, -0.1) is 0 Å². The van der Waals surface area contributed by atoms with Crippen LogP contribution in [0.1, 0.15) is 26.2 Å². The third-order valence-electron chi connectivity index (χ3n) is 1.69. The Hall–Kier alpha value is -0.580. The minimum Gasteiger partial charge on any atom is -0.468 e. The molecular weight excluding hydrogens is 250 g/mol. The molecule has 0 spiro atoms. The van der Waals surface area contributed by atoms with Gasteiger partial charge in [0.15, 0.2) is 0 Å². The quantitative estimate of drug-likeness (QED) is 0.581. The highest BCUT2D eigenvalue weighted by atomic mass is 79.9. The number of hydrogen-bond donors (Lipinski definition) is 1. The van der Waals surface area contributed by atoms with Crippen LogP contribution in [0.4, 0.5) is 0 Å². The zero-order valence-electron chi connectivity index (χ0n) is 8.51. The number of nitrogens with one attached hydrogen (secondary N) is 1. The summed E-state index contributed by atoms with van der Waals surface area (Å²) in [6.07, 6.45) is 2.37. The molecule has 0 aromatic carbocycles. The molecule has 4 nitrogen and oxygen atoms in total. The minimum atomic E-state index is -0.460. The Morgan fingerprint density at radius 2 is 2.14 bits per heavy atom. The molecule has 0 rings (SSSR count). The molecule has 0 aromatic heterocycles. The predicted octanol–water partition coefficient (Wildman–Crippen LogP) is 1.23. The van der Waals surface area contributed by atoms with Crippen molar-refractivity contribution >= 4 is 27.8 Å². The lowest BCUT2D eigenvalue weighted by molar-refractivity contribution is -0.139. The van der Waals surface area contributed by atoms with Crippen molar-refractivity contribution < 1.29 is 14.3 Å². The lowest BCUT2D eigenvalue weighted by atomic mass is 10.2. The summed E-state index contributed by atoms with van der Waals surface area (Å²) in [5.74, 6) is -0.402. The molecule has 1 unspecified atom stereocenters. The monoisotopic (exact) mass is 265 g/mol. The van der Waals surface area contributed by atoms with Crippen molar-refractivity contribution in [3.05, 3.63) is 0 Å². The maximum atomic E-state index is 11.1. The van der Waals surface area contributed by atoms with E-state index in [-0.39, 0.29) is 18.4 Å². The van der Waals surface area contributed by atoms with E-state index in [1.54, 1.807) is 0 Å². The van der Waals surface area contributed by atoms with E-state index in [0.717, 1.165) is 12.8 Å². The van der Waals surface area contributed by atoms with E-state index < -0.39 is 4.83 Å². The van der Waals surface area contributed by atoms with Crippen LogP contribution in [0.15, 0.2) is 0 Å². The van der Waals surface area contributed by atoms with Gasteiger partial charge in [0, 0.05) is 13.0 Å². The molecule has 0 bridgehead atoms. The van der Waals surface area contributed by atoms with E-state index >= 15 is 0 Å². The van der Waals surface area contributed by atoms with E-state index in [4.69, 9.17) is 0 Å². The Morgan fingerprint density at radius 3 is 2.64 bits per heavy atom. The Morgan fingerprint density at radius 1 is 1.50 bits per heavy atom. The zero-order valence-corrected chi connectivity index (χ0v) is 10.1. The van der Waals surface area contributed by atoms with Gasteiger partial charge >= 0.3 is 5.97 Å². The van der Waals surface area contributed by atoms with Gasteiger partial charge in [0.1, 0.15) is 4.83 Å². The second kappa shape index (κ2) is 7.79. The number of halogens is 1. The molecule has 1 amide bonds. The van der Waals surface area contributed by atoms with Gasteiger partial charge in [-0.05, 0) is 6.42 Å². The Kier molecular flexibility index (Phi) is 7.47. The third-order valence-corrected chi connectivity index (χ3v) is 2.39. The highest BCUT2D eigenvalue weighted by molar-refractivity contribution is 9.10. The fraction of sp³-hybridized carbons (Fsp3) is 0.778. The molecule has 5 heteroatoms. The minimum absolute atomic E-state index is 0.0276. The molecule has 1 atom stereocenters. The van der Waals surface area contributed by atoms with Crippen molar-refractivity contribution in [2.24, 2.45) is 0 Å². The number of carbonyl (C=O) groups excluding carboxylic acids is 2. The van der Waals surface area contributed by atoms with Crippen LogP contribution in [0.25, 0.3) is 0 Å². The van der Waals surface area contributed by atoms with Crippen molar-refractivity contribution in [3.8, 4) is 0 Å². The summed E-state index contributed by atoms with van der Waals surface area (Å²) in [6.45, 7) is 2.30. The number of amides is 1. The highest BCUT2D eigenvalue weighted by Crippen LogP contribution is 2.00. The summed E-state index contributed by atoms with van der Waals surface area (Å²) >= 11 is 3.11. The van der Waals surface area contributed by atoms with Crippen LogP contribution in [-0.4, -0.2) is 30.4 Å². The van der Waals surface area contributed by atoms with Crippen LogP contribution in [-0.2, 0) is 14.3 Å². The largest absolute Gasteiger partial charge is 0.468 e. The first kappa shape index (κ1) is 13.4. The number of carbonyl (C=O) groups is 2. The molecular formula is C9H16BrNO3. The molecule has 14 heavy (non-hydrogen) atoms. The first-order chi connectivity index (χ1) is 6.61. The summed E-state index contributed by atoms with van der Waals surface area (Å²) in [5.41, 5.74) is 0. The SMILES string of the molecule is CCCCC(=O)NCC(Br)C(=O)OC. The normalized spacial score (nSPS) is 11.9. The summed E-state index contributed by atoms with van der Waals surface area (Å²) in [5, 5.41) is 2.65. The lowest BCUT2D eigenvalue weighted by Gasteiger charge is -2.08. The molecule has 0 aromatic rings. The number of methoxy groups -OCH3 is 1. The second-order valence-corrected chi connectivity index (χ2v) is 4.00. The molecule has 0 aliphatic rings. The maximum absolute atomic E-state index is 11.1. The van der Waals surface area contributed by atoms with Crippen molar-refractivity contribution in [1.82, 2.24) is 5.32 Å². The van der Waals surface area contributed by atoms with Crippen molar-refractivity contribution in [2.75, 3.05) is 13.7 Å². The van der Waals surface area contributed by atoms with Crippen LogP contribution >= 0.6 is 15.9 Å². The van der Waals surface area contributed by atoms with E-state index in [1.165, 1.54) is 7.11 Å². The molecule has 1 N–H and O–H groups in total. The molecule has 0 saturated heterocycles. The van der Waals surface area contributed by atoms with Crippen LogP contribution in [0.5, 0.6) is 0 Å². The average molecular weight is 266 g/mol. The number of rotatable bonds is 6. The molecule has 0 aliphatic heterocycles. The van der Waals surface area contributed by atoms with Gasteiger partial charge in [-0.1, -0.05) is 29.3 Å². The number of esters is 1. The van der Waals surface area contributed by atoms with Gasteiger partial charge < -0.3 is 10.1 Å². The fourth-order valence-corrected chi connectivity index (χ4v) is 1.19. The Balaban J connectivity index is 3.60. The Labute approximate surface area is 92.5 Å². The first-order valence-electron chi connectivity index (χ1n) is 4.60. The van der Waals surface area contributed by atoms with Gasteiger partial charge in [-0.3, -0.25) is 9.59 Å². The Bertz CT molecular complexity index is 196. The van der Waals surface area contributed by atoms with E-state index in [9.17, 15) is 9.59 Å². The van der Waals surface area contributed by atoms with Crippen molar-refractivity contribution in [3.63, 3.8) is 0 Å². The smallest absolute Gasteiger partial charge is 0.321 e. The topological polar surface area (TPSA) is 55.4 Å². The first-order valence-corrected chi connectivity index (χ1v) is 5.52. The second-order valence-electron chi connectivity index (χ2n) is 2.90. The lowest BCUT2D eigenvalue weighted by Crippen LogP contribution is -2.33. The number of unbranched alkanes of at least 4 members (excludes halogenated alkanes) is 1. The predicted molar refractivity (Wildman–Crippen MR) is 57.3 cm³/mol. The molecule has 82 valence electrons. The summed E-state index contributed by atoms with van der Waals surface area (Å²) in [6, 6.07) is 0. The standard InChI is InChI=1S/C9H16BrNO3/c1-3-4-5-8(12)11-6-7(10)9(13)14-2/h7H,3-6H2,1-2H3,(H,11,12). The summed E-state index contributed by atoms with van der Waals surface area (Å²) in [7, 11) is 1.31. The number of alkyl halides is 1. The van der Waals surface area contributed by atoms with Crippen LogP contribution < -0.4 is 5.32 Å². The van der Waals surface area contributed by atoms with Crippen LogP contribution in [0.3, 0.4) is 0 Å². The highest BCUT2D eigenvalue weighted by Gasteiger charge is 2.15. The van der Waals surface area contributed by atoms with Gasteiger partial charge in [0.2, 0.25) is 5.91 Å². The van der Waals surface area contributed by atoms with Gasteiger partial charge in [-0.2, -0.15) is 0 Å². The summed E-state index contributed by atoms with van der Waals surface area (Å²) in [4.78, 5) is 21.6. The van der Waals surface area contributed by atoms with Crippen LogP contribution in [0.2, 0.25) is 0 Å². The van der Waals surface area contributed by atoms with E-state index in [1.807, 2.05) is 6.92 Å². The van der Waals surface area contributed by atoms with Crippen LogP contribution in [0, 0.1) is 0 Å². The molecule has 0 radical (unpaired) electrons. The molecule has 0 saturated carbocycles. The van der Waals surface area contributed by atoms with E-state index in [2.05, 4.69) is 26.0 Å². The average Bonchev–Trinajstić information content (AvgIpc) is 2.21. The number of ether oxygens (including phenoxy) is 1. The third kappa shape index (κ3) is 5.96. The zero-order chi connectivity index (χ0) is 11.0. The molecule has 0 fully saturated rings. The van der Waals surface area contributed by atoms with E-state index in [0.29, 0.717) is 6.42 Å². The van der Waals surface area contributed by atoms with Crippen molar-refractivity contribution in [2.45, 2.75) is 31.0 Å². The molecule has 0 heterocycles. The number of hydrogen-bond acceptors (Lipinski definition) is 3. The van der Waals surface area contributed by atoms with Gasteiger partial charge in [0.05, 0.1) is 7.11 Å². The summed E-state index contributed by atoms with van der Waals surface area (Å²) < 4.78 is 4.49. The van der Waals surface area contributed by atoms with Crippen molar-refractivity contribution in [1.29, 1.82) is 0 Å². The van der Waals surface area contributed by atoms with Gasteiger partial charge in [0.25, 0.3) is 0 Å². The molecule has 0 aliphatic carbocycles. The maximum Gasteiger partial charge on any atom is 0.321 e. The van der Waals surface area contributed by atoms with Gasteiger partial charge in [-0.25, -0.2) is 0 Å².